The van der Waals surface area contributed by atoms with E-state index in [1.54, 1.807) is 35.9 Å². The maximum atomic E-state index is 4.71. The van der Waals surface area contributed by atoms with E-state index in [0.717, 1.165) is 44.1 Å². The van der Waals surface area contributed by atoms with Crippen molar-refractivity contribution in [3.8, 4) is 0 Å². The SMILES string of the molecule is C(=N\c1ccccc1SCc1ccccc1CSc1ccccc1/N=C/c1ccccn1)/c1ccccn1. The van der Waals surface area contributed by atoms with E-state index in [9.17, 15) is 0 Å². The minimum Gasteiger partial charge on any atom is -0.255 e. The Hall–Kier alpha value is -4.00. The number of benzene rings is 3. The number of hydrogen-bond acceptors (Lipinski definition) is 6. The summed E-state index contributed by atoms with van der Waals surface area (Å²) < 4.78 is 0. The van der Waals surface area contributed by atoms with Crippen LogP contribution in [0.4, 0.5) is 11.4 Å². The van der Waals surface area contributed by atoms with Gasteiger partial charge in [0.25, 0.3) is 0 Å². The molecule has 0 saturated carbocycles. The molecule has 0 unspecified atom stereocenters. The molecule has 2 aromatic heterocycles. The van der Waals surface area contributed by atoms with Crippen molar-refractivity contribution in [2.75, 3.05) is 0 Å². The molecule has 2 heterocycles. The Morgan fingerprint density at radius 2 is 0.921 bits per heavy atom. The van der Waals surface area contributed by atoms with E-state index in [0.29, 0.717) is 0 Å². The van der Waals surface area contributed by atoms with Crippen LogP contribution in [-0.4, -0.2) is 22.4 Å². The highest BCUT2D eigenvalue weighted by atomic mass is 32.2. The van der Waals surface area contributed by atoms with E-state index in [4.69, 9.17) is 9.98 Å². The minimum absolute atomic E-state index is 0.847. The van der Waals surface area contributed by atoms with Crippen molar-refractivity contribution in [2.45, 2.75) is 21.3 Å². The lowest BCUT2D eigenvalue weighted by atomic mass is 10.1. The molecule has 0 atom stereocenters. The van der Waals surface area contributed by atoms with Gasteiger partial charge in [0, 0.05) is 33.7 Å². The van der Waals surface area contributed by atoms with Crippen LogP contribution in [0.3, 0.4) is 0 Å². The third-order valence-electron chi connectivity index (χ3n) is 5.66. The van der Waals surface area contributed by atoms with Crippen LogP contribution in [0.1, 0.15) is 22.5 Å². The van der Waals surface area contributed by atoms with Crippen molar-refractivity contribution in [1.82, 2.24) is 9.97 Å². The smallest absolute Gasteiger partial charge is 0.0812 e. The average molecular weight is 531 g/mol. The van der Waals surface area contributed by atoms with Gasteiger partial charge in [-0.05, 0) is 59.7 Å². The first kappa shape index (κ1) is 25.6. The minimum atomic E-state index is 0.847. The summed E-state index contributed by atoms with van der Waals surface area (Å²) in [5.41, 5.74) is 6.24. The van der Waals surface area contributed by atoms with Gasteiger partial charge in [0.1, 0.15) is 0 Å². The number of para-hydroxylation sites is 2. The van der Waals surface area contributed by atoms with E-state index in [1.165, 1.54) is 11.1 Å². The Kier molecular flexibility index (Phi) is 9.12. The van der Waals surface area contributed by atoms with Crippen LogP contribution < -0.4 is 0 Å². The van der Waals surface area contributed by atoms with E-state index >= 15 is 0 Å². The van der Waals surface area contributed by atoms with E-state index < -0.39 is 0 Å². The predicted octanol–water partition coefficient (Wildman–Crippen LogP) is 8.56. The monoisotopic (exact) mass is 530 g/mol. The van der Waals surface area contributed by atoms with Gasteiger partial charge in [-0.15, -0.1) is 23.5 Å². The molecule has 0 fully saturated rings. The average Bonchev–Trinajstić information content (AvgIpc) is 2.99. The molecule has 0 aliphatic heterocycles. The normalized spacial score (nSPS) is 11.4. The number of aromatic nitrogens is 2. The van der Waals surface area contributed by atoms with Crippen LogP contribution in [-0.2, 0) is 11.5 Å². The lowest BCUT2D eigenvalue weighted by Gasteiger charge is -2.11. The van der Waals surface area contributed by atoms with Crippen LogP contribution in [0.2, 0.25) is 0 Å². The van der Waals surface area contributed by atoms with Crippen molar-refractivity contribution < 1.29 is 0 Å². The maximum absolute atomic E-state index is 4.71. The number of nitrogens with zero attached hydrogens (tertiary/aromatic N) is 4. The first-order valence-corrected chi connectivity index (χ1v) is 14.2. The molecule has 0 spiro atoms. The van der Waals surface area contributed by atoms with Gasteiger partial charge in [-0.25, -0.2) is 0 Å². The molecule has 0 aliphatic rings. The van der Waals surface area contributed by atoms with Crippen LogP contribution in [0, 0.1) is 0 Å². The number of rotatable bonds is 10. The molecule has 5 aromatic rings. The Labute approximate surface area is 232 Å². The summed E-state index contributed by atoms with van der Waals surface area (Å²) in [4.78, 5) is 20.4. The van der Waals surface area contributed by atoms with Gasteiger partial charge in [-0.3, -0.25) is 20.0 Å². The summed E-state index contributed by atoms with van der Waals surface area (Å²) in [6.45, 7) is 0. The van der Waals surface area contributed by atoms with Crippen LogP contribution in [0.25, 0.3) is 0 Å². The molecule has 38 heavy (non-hydrogen) atoms. The Balaban J connectivity index is 1.27. The second-order valence-corrected chi connectivity index (χ2v) is 10.3. The summed E-state index contributed by atoms with van der Waals surface area (Å²) >= 11 is 3.61. The molecule has 0 radical (unpaired) electrons. The molecule has 6 heteroatoms. The zero-order chi connectivity index (χ0) is 25.8. The van der Waals surface area contributed by atoms with Gasteiger partial charge in [0.2, 0.25) is 0 Å². The predicted molar refractivity (Wildman–Crippen MR) is 161 cm³/mol. The summed E-state index contributed by atoms with van der Waals surface area (Å²) in [5, 5.41) is 0. The number of thioether (sulfide) groups is 2. The Bertz CT molecular complexity index is 1400. The first-order valence-electron chi connectivity index (χ1n) is 12.3. The third kappa shape index (κ3) is 7.28. The van der Waals surface area contributed by atoms with Gasteiger partial charge in [0.15, 0.2) is 0 Å². The number of aliphatic imine (C=N–C) groups is 2. The molecule has 0 N–H and O–H groups in total. The molecule has 0 aliphatic carbocycles. The summed E-state index contributed by atoms with van der Waals surface area (Å²) in [6.07, 6.45) is 7.19. The highest BCUT2D eigenvalue weighted by Crippen LogP contribution is 2.35. The topological polar surface area (TPSA) is 50.5 Å². The van der Waals surface area contributed by atoms with Crippen LogP contribution in [0.15, 0.2) is 141 Å². The molecule has 0 saturated heterocycles. The van der Waals surface area contributed by atoms with Crippen LogP contribution >= 0.6 is 23.5 Å². The highest BCUT2D eigenvalue weighted by molar-refractivity contribution is 7.99. The summed E-state index contributed by atoms with van der Waals surface area (Å²) in [7, 11) is 0. The van der Waals surface area contributed by atoms with E-state index in [-0.39, 0.29) is 0 Å². The van der Waals surface area contributed by atoms with Gasteiger partial charge in [0.05, 0.1) is 35.2 Å². The second-order valence-electron chi connectivity index (χ2n) is 8.31. The van der Waals surface area contributed by atoms with Gasteiger partial charge < -0.3 is 0 Å². The first-order chi connectivity index (χ1) is 18.8. The number of hydrogen-bond donors (Lipinski definition) is 0. The summed E-state index contributed by atoms with van der Waals surface area (Å²) in [6, 6.07) is 36.8. The van der Waals surface area contributed by atoms with Crippen molar-refractivity contribution >= 4 is 47.3 Å². The zero-order valence-electron chi connectivity index (χ0n) is 20.7. The molecule has 186 valence electrons. The second kappa shape index (κ2) is 13.5. The third-order valence-corrected chi connectivity index (χ3v) is 7.89. The largest absolute Gasteiger partial charge is 0.255 e. The molecule has 5 rings (SSSR count). The maximum Gasteiger partial charge on any atom is 0.0812 e. The van der Waals surface area contributed by atoms with Crippen molar-refractivity contribution in [1.29, 1.82) is 0 Å². The van der Waals surface area contributed by atoms with E-state index in [2.05, 4.69) is 58.5 Å². The van der Waals surface area contributed by atoms with Crippen LogP contribution in [0.5, 0.6) is 0 Å². The van der Waals surface area contributed by atoms with Gasteiger partial charge in [-0.1, -0.05) is 60.7 Å². The van der Waals surface area contributed by atoms with Crippen molar-refractivity contribution in [3.63, 3.8) is 0 Å². The lowest BCUT2D eigenvalue weighted by Crippen LogP contribution is -1.91. The zero-order valence-corrected chi connectivity index (χ0v) is 22.4. The lowest BCUT2D eigenvalue weighted by molar-refractivity contribution is 1.26. The van der Waals surface area contributed by atoms with Crippen molar-refractivity contribution in [2.24, 2.45) is 9.98 Å². The molecular weight excluding hydrogens is 505 g/mol. The fourth-order valence-corrected chi connectivity index (χ4v) is 5.77. The Morgan fingerprint density at radius 1 is 0.500 bits per heavy atom. The Morgan fingerprint density at radius 3 is 1.37 bits per heavy atom. The van der Waals surface area contributed by atoms with Gasteiger partial charge in [-0.2, -0.15) is 0 Å². The molecular formula is C32H26N4S2. The molecule has 3 aromatic carbocycles. The quantitative estimate of drug-likeness (QED) is 0.134. The summed E-state index contributed by atoms with van der Waals surface area (Å²) in [5.74, 6) is 1.73. The fourth-order valence-electron chi connectivity index (χ4n) is 3.70. The molecule has 4 nitrogen and oxygen atoms in total. The van der Waals surface area contributed by atoms with E-state index in [1.807, 2.05) is 73.1 Å². The fraction of sp³-hybridized carbons (Fsp3) is 0.0625. The van der Waals surface area contributed by atoms with Crippen molar-refractivity contribution in [3.05, 3.63) is 144 Å². The standard InChI is InChI=1S/C32H26N4S2/c1-2-12-26(24-38-32-18-6-4-16-30(32)36-22-28-14-8-10-20-34-28)25(11-1)23-37-31-17-5-3-15-29(31)35-21-27-13-7-9-19-33-27/h1-22H,23-24H2/b35-21+,36-22+. The molecule has 0 bridgehead atoms. The van der Waals surface area contributed by atoms with Gasteiger partial charge >= 0.3 is 0 Å². The highest BCUT2D eigenvalue weighted by Gasteiger charge is 2.08. The number of pyridine rings is 2. The molecule has 0 amide bonds.